The minimum atomic E-state index is -0.290. The van der Waals surface area contributed by atoms with Crippen molar-refractivity contribution in [3.05, 3.63) is 45.8 Å². The Balaban J connectivity index is 2.10. The van der Waals surface area contributed by atoms with E-state index in [1.165, 1.54) is 17.8 Å². The largest absolute Gasteiger partial charge is 0.310 e. The van der Waals surface area contributed by atoms with Crippen molar-refractivity contribution in [1.29, 1.82) is 0 Å². The number of fused-ring (bicyclic) bond motifs is 1. The van der Waals surface area contributed by atoms with Gasteiger partial charge in [0.25, 0.3) is 0 Å². The van der Waals surface area contributed by atoms with Gasteiger partial charge in [0.15, 0.2) is 0 Å². The van der Waals surface area contributed by atoms with Gasteiger partial charge in [0.05, 0.1) is 17.2 Å². The Kier molecular flexibility index (Phi) is 3.32. The Morgan fingerprint density at radius 3 is 3.11 bits per heavy atom. The van der Waals surface area contributed by atoms with Crippen LogP contribution in [0.5, 0.6) is 0 Å². The Morgan fingerprint density at radius 1 is 1.42 bits per heavy atom. The maximum atomic E-state index is 14.0. The number of rotatable bonds is 1. The van der Waals surface area contributed by atoms with Crippen LogP contribution in [0.1, 0.15) is 16.4 Å². The molecule has 1 aromatic carbocycles. The number of carbonyl (C=O) groups is 1. The molecule has 0 spiro atoms. The molecule has 3 rings (SSSR count). The average Bonchev–Trinajstić information content (AvgIpc) is 2.76. The third-order valence-electron chi connectivity index (χ3n) is 2.84. The lowest BCUT2D eigenvalue weighted by molar-refractivity contribution is -0.113. The van der Waals surface area contributed by atoms with Crippen LogP contribution in [0.3, 0.4) is 0 Å². The second-order valence-electron chi connectivity index (χ2n) is 4.11. The monoisotopic (exact) mass is 341 g/mol. The number of amides is 1. The molecule has 0 radical (unpaired) electrons. The van der Waals surface area contributed by atoms with Crippen molar-refractivity contribution in [3.8, 4) is 0 Å². The fraction of sp³-hybridized carbons (Fsp3) is 0.167. The molecule has 1 amide bonds. The smallest absolute Gasteiger partial charge is 0.235 e. The molecular formula is C12H9BrFN3OS. The van der Waals surface area contributed by atoms with Gasteiger partial charge in [0, 0.05) is 15.6 Å². The van der Waals surface area contributed by atoms with Crippen LogP contribution < -0.4 is 5.32 Å². The summed E-state index contributed by atoms with van der Waals surface area (Å²) < 4.78 is 14.8. The van der Waals surface area contributed by atoms with E-state index in [4.69, 9.17) is 0 Å². The number of thioether (sulfide) groups is 1. The molecule has 19 heavy (non-hydrogen) atoms. The van der Waals surface area contributed by atoms with Gasteiger partial charge in [-0.25, -0.2) is 4.39 Å². The third kappa shape index (κ3) is 2.40. The third-order valence-corrected chi connectivity index (χ3v) is 4.60. The van der Waals surface area contributed by atoms with E-state index in [9.17, 15) is 9.18 Å². The molecule has 1 aliphatic heterocycles. The fourth-order valence-electron chi connectivity index (χ4n) is 1.99. The van der Waals surface area contributed by atoms with Crippen molar-refractivity contribution in [2.24, 2.45) is 0 Å². The van der Waals surface area contributed by atoms with Gasteiger partial charge in [-0.05, 0) is 18.2 Å². The average molecular weight is 342 g/mol. The zero-order valence-corrected chi connectivity index (χ0v) is 12.0. The molecule has 7 heteroatoms. The molecule has 4 nitrogen and oxygen atoms in total. The summed E-state index contributed by atoms with van der Waals surface area (Å²) in [6.07, 6.45) is 1.62. The summed E-state index contributed by atoms with van der Waals surface area (Å²) in [6.45, 7) is 0. The molecule has 1 aromatic heterocycles. The van der Waals surface area contributed by atoms with Crippen molar-refractivity contribution in [2.75, 3.05) is 11.1 Å². The van der Waals surface area contributed by atoms with E-state index >= 15 is 0 Å². The van der Waals surface area contributed by atoms with Crippen molar-refractivity contribution in [1.82, 2.24) is 10.2 Å². The molecule has 1 atom stereocenters. The highest BCUT2D eigenvalue weighted by atomic mass is 79.9. The number of nitrogens with zero attached hydrogens (tertiary/aromatic N) is 1. The van der Waals surface area contributed by atoms with Crippen LogP contribution >= 0.6 is 27.7 Å². The lowest BCUT2D eigenvalue weighted by Gasteiger charge is -2.14. The molecule has 0 saturated carbocycles. The quantitative estimate of drug-likeness (QED) is 0.837. The van der Waals surface area contributed by atoms with Crippen LogP contribution in [0.2, 0.25) is 0 Å². The maximum Gasteiger partial charge on any atom is 0.235 e. The van der Waals surface area contributed by atoms with Crippen LogP contribution in [0.25, 0.3) is 0 Å². The molecule has 1 aliphatic rings. The van der Waals surface area contributed by atoms with Crippen molar-refractivity contribution in [2.45, 2.75) is 5.25 Å². The van der Waals surface area contributed by atoms with Gasteiger partial charge < -0.3 is 5.32 Å². The molecule has 0 bridgehead atoms. The maximum absolute atomic E-state index is 14.0. The minimum Gasteiger partial charge on any atom is -0.310 e. The number of aromatic amines is 1. The number of nitrogens with one attached hydrogen (secondary N) is 2. The number of hydrogen-bond acceptors (Lipinski definition) is 3. The van der Waals surface area contributed by atoms with Gasteiger partial charge in [0.2, 0.25) is 5.91 Å². The number of benzene rings is 1. The molecule has 0 aliphatic carbocycles. The molecule has 0 fully saturated rings. The number of H-pyrrole nitrogens is 1. The molecule has 2 N–H and O–H groups in total. The highest BCUT2D eigenvalue weighted by molar-refractivity contribution is 9.10. The summed E-state index contributed by atoms with van der Waals surface area (Å²) in [7, 11) is 0. The lowest BCUT2D eigenvalue weighted by atomic mass is 10.1. The minimum absolute atomic E-state index is 0.117. The zero-order chi connectivity index (χ0) is 13.4. The molecule has 2 heterocycles. The van der Waals surface area contributed by atoms with E-state index in [1.807, 2.05) is 0 Å². The number of halogens is 2. The first-order chi connectivity index (χ1) is 9.15. The van der Waals surface area contributed by atoms with Crippen molar-refractivity contribution >= 4 is 39.4 Å². The number of aromatic nitrogens is 2. The standard InChI is InChI=1S/C12H9BrFN3OS/c13-6-1-2-9(14)7(3-6)11-8-4-15-17-12(8)16-10(18)5-19-11/h1-4,11H,5H2,(H2,15,16,17,18)/t11-/m1/s1. The highest BCUT2D eigenvalue weighted by Crippen LogP contribution is 2.42. The van der Waals surface area contributed by atoms with Crippen LogP contribution in [0.4, 0.5) is 10.2 Å². The van der Waals surface area contributed by atoms with Crippen LogP contribution in [0.15, 0.2) is 28.9 Å². The summed E-state index contributed by atoms with van der Waals surface area (Å²) in [6, 6.07) is 4.80. The first-order valence-corrected chi connectivity index (χ1v) is 7.39. The number of carbonyl (C=O) groups excluding carboxylic acids is 1. The van der Waals surface area contributed by atoms with Crippen LogP contribution in [0, 0.1) is 5.82 Å². The number of anilines is 1. The number of hydrogen-bond donors (Lipinski definition) is 2. The lowest BCUT2D eigenvalue weighted by Crippen LogP contribution is -2.12. The molecule has 0 saturated heterocycles. The zero-order valence-electron chi connectivity index (χ0n) is 9.61. The van der Waals surface area contributed by atoms with E-state index in [1.54, 1.807) is 18.3 Å². The fourth-order valence-corrected chi connectivity index (χ4v) is 3.48. The summed E-state index contributed by atoms with van der Waals surface area (Å²) >= 11 is 4.73. The summed E-state index contributed by atoms with van der Waals surface area (Å²) in [5.74, 6) is 0.411. The molecule has 0 unspecified atom stereocenters. The normalized spacial score (nSPS) is 18.6. The summed E-state index contributed by atoms with van der Waals surface area (Å²) in [5, 5.41) is 9.12. The topological polar surface area (TPSA) is 57.8 Å². The predicted octanol–water partition coefficient (Wildman–Crippen LogP) is 3.09. The summed E-state index contributed by atoms with van der Waals surface area (Å²) in [5.41, 5.74) is 1.33. The van der Waals surface area contributed by atoms with E-state index in [0.29, 0.717) is 11.4 Å². The second-order valence-corrected chi connectivity index (χ2v) is 6.11. The van der Waals surface area contributed by atoms with E-state index < -0.39 is 0 Å². The molecular weight excluding hydrogens is 333 g/mol. The van der Waals surface area contributed by atoms with Crippen LogP contribution in [-0.2, 0) is 4.79 Å². The highest BCUT2D eigenvalue weighted by Gasteiger charge is 2.27. The van der Waals surface area contributed by atoms with Crippen molar-refractivity contribution < 1.29 is 9.18 Å². The van der Waals surface area contributed by atoms with Crippen LogP contribution in [-0.4, -0.2) is 21.9 Å². The van der Waals surface area contributed by atoms with Gasteiger partial charge in [-0.1, -0.05) is 15.9 Å². The Labute approximate surface area is 121 Å². The SMILES string of the molecule is O=C1CS[C@H](c2cc(Br)ccc2F)c2cn[nH]c2N1. The van der Waals surface area contributed by atoms with E-state index in [-0.39, 0.29) is 22.7 Å². The Morgan fingerprint density at radius 2 is 2.26 bits per heavy atom. The molecule has 2 aromatic rings. The van der Waals surface area contributed by atoms with Gasteiger partial charge in [-0.2, -0.15) is 5.10 Å². The second kappa shape index (κ2) is 4.97. The Bertz CT molecular complexity index is 646. The Hall–Kier alpha value is -1.34. The molecule has 98 valence electrons. The van der Waals surface area contributed by atoms with Gasteiger partial charge in [0.1, 0.15) is 11.6 Å². The van der Waals surface area contributed by atoms with Crippen molar-refractivity contribution in [3.63, 3.8) is 0 Å². The first kappa shape index (κ1) is 12.7. The summed E-state index contributed by atoms with van der Waals surface area (Å²) in [4.78, 5) is 11.6. The van der Waals surface area contributed by atoms with Gasteiger partial charge in [-0.15, -0.1) is 11.8 Å². The van der Waals surface area contributed by atoms with E-state index in [2.05, 4.69) is 31.4 Å². The van der Waals surface area contributed by atoms with Gasteiger partial charge >= 0.3 is 0 Å². The van der Waals surface area contributed by atoms with E-state index in [0.717, 1.165) is 10.0 Å². The van der Waals surface area contributed by atoms with Gasteiger partial charge in [-0.3, -0.25) is 9.89 Å². The predicted molar refractivity (Wildman–Crippen MR) is 75.6 cm³/mol. The first-order valence-electron chi connectivity index (χ1n) is 5.55.